The Hall–Kier alpha value is -3.72. The molecule has 6 atom stereocenters. The average molecular weight is 586 g/mol. The van der Waals surface area contributed by atoms with Crippen molar-refractivity contribution in [2.45, 2.75) is 48.8 Å². The van der Waals surface area contributed by atoms with Gasteiger partial charge in [0.15, 0.2) is 24.8 Å². The van der Waals surface area contributed by atoms with Gasteiger partial charge in [-0.25, -0.2) is 4.79 Å². The minimum Gasteiger partial charge on any atom is -0.453 e. The molecule has 41 heavy (non-hydrogen) atoms. The number of aryl methyl sites for hydroxylation is 1. The summed E-state index contributed by atoms with van der Waals surface area (Å²) < 4.78 is 61.6. The molecule has 13 heteroatoms. The van der Waals surface area contributed by atoms with Crippen molar-refractivity contribution in [1.82, 2.24) is 0 Å². The fraction of sp³-hybridized carbons (Fsp3) is 0.321. The smallest absolute Gasteiger partial charge is 0.338 e. The van der Waals surface area contributed by atoms with Crippen LogP contribution in [0.25, 0.3) is 0 Å². The number of nitro benzene ring substituents is 1. The van der Waals surface area contributed by atoms with Gasteiger partial charge in [-0.05, 0) is 31.2 Å². The first-order valence-corrected chi connectivity index (χ1v) is 14.0. The molecule has 2 heterocycles. The molecule has 0 aromatic heterocycles. The highest BCUT2D eigenvalue weighted by atomic mass is 32.2. The second kappa shape index (κ2) is 12.0. The lowest BCUT2D eigenvalue weighted by molar-refractivity contribution is -0.384. The van der Waals surface area contributed by atoms with Gasteiger partial charge in [0.05, 0.1) is 22.0 Å². The van der Waals surface area contributed by atoms with E-state index in [2.05, 4.69) is 0 Å². The van der Waals surface area contributed by atoms with E-state index in [1.54, 1.807) is 36.4 Å². The summed E-state index contributed by atoms with van der Waals surface area (Å²) in [5.41, 5.74) is 1.32. The predicted octanol–water partition coefficient (Wildman–Crippen LogP) is 3.69. The van der Waals surface area contributed by atoms with Gasteiger partial charge in [0.25, 0.3) is 15.8 Å². The van der Waals surface area contributed by atoms with E-state index < -0.39 is 58.0 Å². The van der Waals surface area contributed by atoms with Gasteiger partial charge in [-0.2, -0.15) is 8.42 Å². The molecule has 0 bridgehead atoms. The van der Waals surface area contributed by atoms with E-state index in [0.29, 0.717) is 5.56 Å². The van der Waals surface area contributed by atoms with Crippen LogP contribution in [-0.2, 0) is 38.0 Å². The Labute approximate surface area is 236 Å². The van der Waals surface area contributed by atoms with E-state index in [0.717, 1.165) is 17.7 Å². The lowest BCUT2D eigenvalue weighted by Gasteiger charge is -2.47. The minimum absolute atomic E-state index is 0.000538. The van der Waals surface area contributed by atoms with Gasteiger partial charge >= 0.3 is 5.97 Å². The number of hydrogen-bond donors (Lipinski definition) is 0. The normalized spacial score (nSPS) is 26.1. The van der Waals surface area contributed by atoms with E-state index in [1.807, 2.05) is 13.0 Å². The molecule has 0 spiro atoms. The SMILES string of the molecule is CO[C@H]1O[C@@H]2CO[C@H](c3ccccc3)O[C@@H]2[C@@H](OC(=O)c2ccc([N+](=O)[O-])cc2)[C@H]1OS(=O)(=O)c1ccc(C)cc1. The van der Waals surface area contributed by atoms with Crippen molar-refractivity contribution < 1.29 is 46.0 Å². The zero-order valence-electron chi connectivity index (χ0n) is 22.0. The zero-order valence-corrected chi connectivity index (χ0v) is 22.8. The topological polar surface area (TPSA) is 150 Å². The van der Waals surface area contributed by atoms with Crippen molar-refractivity contribution in [3.8, 4) is 0 Å². The van der Waals surface area contributed by atoms with Crippen molar-refractivity contribution in [2.75, 3.05) is 13.7 Å². The molecule has 3 aromatic carbocycles. The summed E-state index contributed by atoms with van der Waals surface area (Å²) in [5, 5.41) is 11.0. The Balaban J connectivity index is 1.49. The molecular weight excluding hydrogens is 558 g/mol. The number of esters is 1. The number of nitrogens with zero attached hydrogens (tertiary/aromatic N) is 1. The fourth-order valence-electron chi connectivity index (χ4n) is 4.57. The largest absolute Gasteiger partial charge is 0.453 e. The Morgan fingerprint density at radius 1 is 0.951 bits per heavy atom. The molecule has 2 fully saturated rings. The van der Waals surface area contributed by atoms with E-state index in [9.17, 15) is 23.3 Å². The first-order chi connectivity index (χ1) is 19.7. The fourth-order valence-corrected chi connectivity index (χ4v) is 5.64. The maximum absolute atomic E-state index is 13.3. The Bertz CT molecular complexity index is 1480. The maximum atomic E-state index is 13.3. The van der Waals surface area contributed by atoms with E-state index in [-0.39, 0.29) is 22.8 Å². The van der Waals surface area contributed by atoms with Crippen LogP contribution in [0, 0.1) is 17.0 Å². The number of methoxy groups -OCH3 is 1. The summed E-state index contributed by atoms with van der Waals surface area (Å²) >= 11 is 0. The lowest BCUT2D eigenvalue weighted by atomic mass is 9.97. The van der Waals surface area contributed by atoms with Crippen LogP contribution >= 0.6 is 0 Å². The molecule has 12 nitrogen and oxygen atoms in total. The molecule has 0 radical (unpaired) electrons. The monoisotopic (exact) mass is 585 g/mol. The second-order valence-electron chi connectivity index (χ2n) is 9.46. The zero-order chi connectivity index (χ0) is 29.1. The van der Waals surface area contributed by atoms with Gasteiger partial charge in [0, 0.05) is 24.8 Å². The van der Waals surface area contributed by atoms with Gasteiger partial charge in [-0.15, -0.1) is 0 Å². The number of rotatable bonds is 8. The average Bonchev–Trinajstić information content (AvgIpc) is 2.98. The number of carbonyl (C=O) groups excluding carboxylic acids is 1. The number of nitro groups is 1. The van der Waals surface area contributed by atoms with Crippen molar-refractivity contribution in [3.05, 3.63) is 106 Å². The summed E-state index contributed by atoms with van der Waals surface area (Å²) in [7, 11) is -3.09. The first kappa shape index (κ1) is 28.8. The van der Waals surface area contributed by atoms with Crippen LogP contribution in [0.2, 0.25) is 0 Å². The Kier molecular flexibility index (Phi) is 8.45. The van der Waals surface area contributed by atoms with Gasteiger partial charge in [-0.3, -0.25) is 14.3 Å². The van der Waals surface area contributed by atoms with Gasteiger partial charge < -0.3 is 23.7 Å². The Morgan fingerprint density at radius 2 is 1.63 bits per heavy atom. The third-order valence-corrected chi connectivity index (χ3v) is 8.02. The number of carbonyl (C=O) groups is 1. The third-order valence-electron chi connectivity index (χ3n) is 6.69. The van der Waals surface area contributed by atoms with Gasteiger partial charge in [0.1, 0.15) is 12.2 Å². The summed E-state index contributed by atoms with van der Waals surface area (Å²) in [6.07, 6.45) is -6.82. The van der Waals surface area contributed by atoms with Gasteiger partial charge in [0.2, 0.25) is 0 Å². The third kappa shape index (κ3) is 6.30. The molecular formula is C28H27NO11S. The predicted molar refractivity (Wildman–Crippen MR) is 141 cm³/mol. The highest BCUT2D eigenvalue weighted by Crippen LogP contribution is 2.38. The molecule has 0 saturated carbocycles. The molecule has 3 aromatic rings. The van der Waals surface area contributed by atoms with E-state index in [1.165, 1.54) is 31.4 Å². The molecule has 0 N–H and O–H groups in total. The van der Waals surface area contributed by atoms with Crippen molar-refractivity contribution in [1.29, 1.82) is 0 Å². The van der Waals surface area contributed by atoms with Crippen molar-refractivity contribution in [3.63, 3.8) is 0 Å². The van der Waals surface area contributed by atoms with Crippen LogP contribution in [-0.4, -0.2) is 63.7 Å². The molecule has 2 aliphatic heterocycles. The second-order valence-corrected chi connectivity index (χ2v) is 11.0. The van der Waals surface area contributed by atoms with Crippen LogP contribution in [0.1, 0.15) is 27.8 Å². The highest BCUT2D eigenvalue weighted by Gasteiger charge is 2.54. The standard InChI is InChI=1S/C28H27NO11S/c1-17-8-14-21(15-9-17)41(33,34)40-25-24(38-26(30)18-10-12-20(13-11-18)29(31)32)23-22(37-28(25)35-2)16-36-27(39-23)19-6-4-3-5-7-19/h3-15,22-25,27-28H,16H2,1-2H3/t22-,23+,24-,25-,27+,28+/m1/s1. The number of benzene rings is 3. The summed E-state index contributed by atoms with van der Waals surface area (Å²) in [6, 6.07) is 19.9. The molecule has 2 saturated heterocycles. The first-order valence-electron chi connectivity index (χ1n) is 12.6. The molecule has 0 amide bonds. The summed E-state index contributed by atoms with van der Waals surface area (Å²) in [5.74, 6) is -0.881. The number of ether oxygens (including phenoxy) is 5. The molecule has 0 aliphatic carbocycles. The lowest BCUT2D eigenvalue weighted by Crippen LogP contribution is -2.64. The Morgan fingerprint density at radius 3 is 2.27 bits per heavy atom. The number of non-ortho nitro benzene ring substituents is 1. The van der Waals surface area contributed by atoms with Crippen LogP contribution in [0.15, 0.2) is 83.8 Å². The molecule has 0 unspecified atom stereocenters. The van der Waals surface area contributed by atoms with Crippen LogP contribution < -0.4 is 0 Å². The van der Waals surface area contributed by atoms with E-state index in [4.69, 9.17) is 27.9 Å². The van der Waals surface area contributed by atoms with Crippen molar-refractivity contribution >= 4 is 21.8 Å². The number of hydrogen-bond acceptors (Lipinski definition) is 11. The van der Waals surface area contributed by atoms with Crippen LogP contribution in [0.4, 0.5) is 5.69 Å². The summed E-state index contributed by atoms with van der Waals surface area (Å²) in [6.45, 7) is 1.83. The maximum Gasteiger partial charge on any atom is 0.338 e. The van der Waals surface area contributed by atoms with E-state index >= 15 is 0 Å². The molecule has 216 valence electrons. The van der Waals surface area contributed by atoms with Crippen LogP contribution in [0.3, 0.4) is 0 Å². The van der Waals surface area contributed by atoms with Crippen molar-refractivity contribution in [2.24, 2.45) is 0 Å². The quantitative estimate of drug-likeness (QED) is 0.165. The number of fused-ring (bicyclic) bond motifs is 1. The van der Waals surface area contributed by atoms with Gasteiger partial charge in [-0.1, -0.05) is 48.0 Å². The highest BCUT2D eigenvalue weighted by molar-refractivity contribution is 7.86. The van der Waals surface area contributed by atoms with Crippen LogP contribution in [0.5, 0.6) is 0 Å². The molecule has 2 aliphatic rings. The summed E-state index contributed by atoms with van der Waals surface area (Å²) in [4.78, 5) is 23.6. The molecule has 5 rings (SSSR count). The minimum atomic E-state index is -4.38.